The number of imide groups is 1. The fourth-order valence-electron chi connectivity index (χ4n) is 2.41. The van der Waals surface area contributed by atoms with E-state index in [2.05, 4.69) is 0 Å². The Bertz CT molecular complexity index is 728. The molecule has 4 heteroatoms. The van der Waals surface area contributed by atoms with Crippen molar-refractivity contribution >= 4 is 28.7 Å². The van der Waals surface area contributed by atoms with Crippen molar-refractivity contribution in [3.63, 3.8) is 0 Å². The van der Waals surface area contributed by atoms with Crippen LogP contribution >= 0.6 is 0 Å². The lowest BCUT2D eigenvalue weighted by molar-refractivity contribution is 0.0926. The number of anilines is 1. The molecule has 0 saturated carbocycles. The van der Waals surface area contributed by atoms with Crippen molar-refractivity contribution in [1.82, 2.24) is 0 Å². The van der Waals surface area contributed by atoms with Crippen molar-refractivity contribution < 1.29 is 14.0 Å². The molecule has 0 saturated heterocycles. The summed E-state index contributed by atoms with van der Waals surface area (Å²) in [6.07, 6.45) is 0. The summed E-state index contributed by atoms with van der Waals surface area (Å²) in [7, 11) is 0. The number of benzene rings is 2. The highest BCUT2D eigenvalue weighted by Gasteiger charge is 2.42. The second kappa shape index (κ2) is 2.98. The van der Waals surface area contributed by atoms with E-state index in [0.29, 0.717) is 28.0 Å². The highest BCUT2D eigenvalue weighted by atomic mass is 16.3. The highest BCUT2D eigenvalue weighted by molar-refractivity contribution is 6.38. The third kappa shape index (κ3) is 0.953. The van der Waals surface area contributed by atoms with Crippen molar-refractivity contribution in [2.24, 2.45) is 0 Å². The molecule has 0 aliphatic carbocycles. The lowest BCUT2D eigenvalue weighted by Gasteiger charge is -2.13. The molecule has 3 aromatic rings. The van der Waals surface area contributed by atoms with Crippen LogP contribution < -0.4 is 4.90 Å². The molecule has 0 atom stereocenters. The van der Waals surface area contributed by atoms with Crippen LogP contribution in [0.3, 0.4) is 0 Å². The van der Waals surface area contributed by atoms with Crippen molar-refractivity contribution in [2.75, 3.05) is 4.90 Å². The van der Waals surface area contributed by atoms with Gasteiger partial charge in [0.15, 0.2) is 0 Å². The van der Waals surface area contributed by atoms with Crippen molar-refractivity contribution in [1.29, 1.82) is 0 Å². The van der Waals surface area contributed by atoms with Gasteiger partial charge in [-0.3, -0.25) is 9.59 Å². The maximum atomic E-state index is 12.3. The maximum Gasteiger partial charge on any atom is 0.270 e. The van der Waals surface area contributed by atoms with E-state index in [1.54, 1.807) is 36.4 Å². The summed E-state index contributed by atoms with van der Waals surface area (Å²) in [5, 5.41) is 0. The molecule has 0 spiro atoms. The van der Waals surface area contributed by atoms with Gasteiger partial charge in [0.1, 0.15) is 11.2 Å². The average molecular weight is 237 g/mol. The molecule has 2 bridgehead atoms. The summed E-state index contributed by atoms with van der Waals surface area (Å²) in [4.78, 5) is 25.8. The molecule has 1 aliphatic heterocycles. The molecular formula is C14H7NO3. The number of amides is 2. The normalized spacial score (nSPS) is 14.8. The first kappa shape index (κ1) is 9.41. The molecule has 4 rings (SSSR count). The Balaban J connectivity index is 1.94. The molecule has 1 aliphatic rings. The first-order valence-corrected chi connectivity index (χ1v) is 5.56. The Morgan fingerprint density at radius 2 is 1.33 bits per heavy atom. The zero-order valence-corrected chi connectivity index (χ0v) is 9.21. The van der Waals surface area contributed by atoms with Crippen molar-refractivity contribution in [2.45, 2.75) is 0 Å². The van der Waals surface area contributed by atoms with Gasteiger partial charge < -0.3 is 4.42 Å². The fraction of sp³-hybridized carbons (Fsp3) is 0. The van der Waals surface area contributed by atoms with Crippen LogP contribution in [0.25, 0.3) is 11.2 Å². The minimum absolute atomic E-state index is 0.310. The summed E-state index contributed by atoms with van der Waals surface area (Å²) >= 11 is 0. The molecule has 4 nitrogen and oxygen atoms in total. The van der Waals surface area contributed by atoms with E-state index in [0.717, 1.165) is 0 Å². The van der Waals surface area contributed by atoms with E-state index in [4.69, 9.17) is 4.42 Å². The number of hydrogen-bond donors (Lipinski definition) is 0. The van der Waals surface area contributed by atoms with Gasteiger partial charge in [-0.15, -0.1) is 0 Å². The number of hydrogen-bond acceptors (Lipinski definition) is 3. The van der Waals surface area contributed by atoms with Gasteiger partial charge in [-0.05, 0) is 24.3 Å². The number of para-hydroxylation sites is 1. The third-order valence-electron chi connectivity index (χ3n) is 3.20. The second-order valence-corrected chi connectivity index (χ2v) is 4.20. The van der Waals surface area contributed by atoms with Crippen molar-refractivity contribution in [3.8, 4) is 0 Å². The summed E-state index contributed by atoms with van der Waals surface area (Å²) in [6.45, 7) is 0. The molecule has 0 N–H and O–H groups in total. The predicted octanol–water partition coefficient (Wildman–Crippen LogP) is 2.67. The lowest BCUT2D eigenvalue weighted by atomic mass is 10.1. The summed E-state index contributed by atoms with van der Waals surface area (Å²) < 4.78 is 5.34. The molecule has 0 fully saturated rings. The van der Waals surface area contributed by atoms with Crippen LogP contribution in [-0.2, 0) is 0 Å². The number of carbonyl (C=O) groups excluding carboxylic acids is 2. The van der Waals surface area contributed by atoms with Crippen molar-refractivity contribution in [3.05, 3.63) is 53.6 Å². The van der Waals surface area contributed by atoms with Gasteiger partial charge in [0.05, 0.1) is 16.8 Å². The van der Waals surface area contributed by atoms with Gasteiger partial charge in [0, 0.05) is 0 Å². The minimum atomic E-state index is -0.310. The molecule has 2 aromatic heterocycles. The third-order valence-corrected chi connectivity index (χ3v) is 3.20. The first-order valence-electron chi connectivity index (χ1n) is 5.56. The monoisotopic (exact) mass is 237 g/mol. The van der Waals surface area contributed by atoms with Crippen LogP contribution in [0.2, 0.25) is 0 Å². The van der Waals surface area contributed by atoms with Gasteiger partial charge in [-0.2, -0.15) is 0 Å². The Morgan fingerprint density at radius 3 is 1.89 bits per heavy atom. The van der Waals surface area contributed by atoms with Crippen LogP contribution in [0.15, 0.2) is 46.9 Å². The minimum Gasteiger partial charge on any atom is -0.456 e. The first-order chi connectivity index (χ1) is 8.77. The zero-order valence-electron chi connectivity index (χ0n) is 9.21. The molecule has 3 heterocycles. The Kier molecular flexibility index (Phi) is 1.56. The van der Waals surface area contributed by atoms with E-state index in [-0.39, 0.29) is 11.8 Å². The van der Waals surface area contributed by atoms with E-state index in [9.17, 15) is 9.59 Å². The molecule has 1 aromatic carbocycles. The van der Waals surface area contributed by atoms with Gasteiger partial charge in [0.2, 0.25) is 0 Å². The number of furan rings is 2. The fourth-order valence-corrected chi connectivity index (χ4v) is 2.41. The smallest absolute Gasteiger partial charge is 0.270 e. The highest BCUT2D eigenvalue weighted by Crippen LogP contribution is 2.37. The van der Waals surface area contributed by atoms with Crippen LogP contribution in [-0.4, -0.2) is 11.8 Å². The van der Waals surface area contributed by atoms with E-state index < -0.39 is 0 Å². The van der Waals surface area contributed by atoms with E-state index in [1.807, 2.05) is 6.07 Å². The molecule has 0 unspecified atom stereocenters. The summed E-state index contributed by atoms with van der Waals surface area (Å²) in [6, 6.07) is 12.3. The Hall–Kier alpha value is -2.62. The predicted molar refractivity (Wildman–Crippen MR) is 65.0 cm³/mol. The standard InChI is InChI=1S/C14H7NO3/c16-13-11-9-6-7-10(18-9)12(11)14(17)15(13)8-4-2-1-3-5-8/h1-7H. The molecule has 2 amide bonds. The summed E-state index contributed by atoms with van der Waals surface area (Å²) in [5.41, 5.74) is 2.33. The second-order valence-electron chi connectivity index (χ2n) is 4.20. The molecular weight excluding hydrogens is 230 g/mol. The van der Waals surface area contributed by atoms with E-state index >= 15 is 0 Å². The molecule has 86 valence electrons. The number of fused-ring (bicyclic) bond motifs is 5. The average Bonchev–Trinajstić information content (AvgIpc) is 3.05. The van der Waals surface area contributed by atoms with Crippen LogP contribution in [0.5, 0.6) is 0 Å². The number of rotatable bonds is 1. The van der Waals surface area contributed by atoms with Crippen LogP contribution in [0.4, 0.5) is 5.69 Å². The van der Waals surface area contributed by atoms with Crippen LogP contribution in [0.1, 0.15) is 20.7 Å². The topological polar surface area (TPSA) is 50.5 Å². The van der Waals surface area contributed by atoms with Gasteiger partial charge in [-0.1, -0.05) is 18.2 Å². The van der Waals surface area contributed by atoms with Gasteiger partial charge in [-0.25, -0.2) is 4.90 Å². The Labute approximate surface area is 102 Å². The lowest BCUT2D eigenvalue weighted by Crippen LogP contribution is -2.29. The molecule has 18 heavy (non-hydrogen) atoms. The van der Waals surface area contributed by atoms with Gasteiger partial charge >= 0.3 is 0 Å². The van der Waals surface area contributed by atoms with Gasteiger partial charge in [0.25, 0.3) is 11.8 Å². The largest absolute Gasteiger partial charge is 0.456 e. The maximum absolute atomic E-state index is 12.3. The quantitative estimate of drug-likeness (QED) is 0.611. The SMILES string of the molecule is O=C1c2c(c3ccc2o3)C(=O)N1c1ccccc1. The Morgan fingerprint density at radius 1 is 0.778 bits per heavy atom. The van der Waals surface area contributed by atoms with Crippen LogP contribution in [0, 0.1) is 0 Å². The number of carbonyl (C=O) groups is 2. The molecule has 0 radical (unpaired) electrons. The zero-order chi connectivity index (χ0) is 12.3. The van der Waals surface area contributed by atoms with E-state index in [1.165, 1.54) is 4.90 Å². The number of nitrogens with zero attached hydrogens (tertiary/aromatic N) is 1. The summed E-state index contributed by atoms with van der Waals surface area (Å²) in [5.74, 6) is -0.619.